The van der Waals surface area contributed by atoms with Crippen LogP contribution < -0.4 is 0 Å². The number of nitrogens with zero attached hydrogens (tertiary/aromatic N) is 1. The van der Waals surface area contributed by atoms with Gasteiger partial charge in [0, 0.05) is 0 Å². The van der Waals surface area contributed by atoms with Gasteiger partial charge in [0.15, 0.2) is 0 Å². The molecule has 0 aliphatic heterocycles. The Morgan fingerprint density at radius 2 is 1.47 bits per heavy atom. The lowest BCUT2D eigenvalue weighted by Gasteiger charge is -2.02. The van der Waals surface area contributed by atoms with E-state index in [-0.39, 0.29) is 6.61 Å². The zero-order valence-corrected chi connectivity index (χ0v) is 12.4. The predicted molar refractivity (Wildman–Crippen MR) is 79.4 cm³/mol. The summed E-state index contributed by atoms with van der Waals surface area (Å²) in [5.41, 5.74) is 0. The minimum absolute atomic E-state index is 0.314. The van der Waals surface area contributed by atoms with Gasteiger partial charge < -0.3 is 15.1 Å². The van der Waals surface area contributed by atoms with E-state index in [0.29, 0.717) is 6.61 Å². The first-order valence-corrected chi connectivity index (χ1v) is 7.75. The number of oxime groups is 1. The highest BCUT2D eigenvalue weighted by atomic mass is 16.6. The molecule has 0 amide bonds. The van der Waals surface area contributed by atoms with E-state index in [1.165, 1.54) is 64.0 Å². The average Bonchev–Trinajstić information content (AvgIpc) is 2.43. The van der Waals surface area contributed by atoms with Crippen molar-refractivity contribution in [2.75, 3.05) is 13.2 Å². The van der Waals surface area contributed by atoms with Gasteiger partial charge in [0.1, 0.15) is 12.7 Å². The third-order valence-electron chi connectivity index (χ3n) is 3.08. The van der Waals surface area contributed by atoms with Crippen molar-refractivity contribution in [3.8, 4) is 0 Å². The number of hydrogen-bond donors (Lipinski definition) is 2. The Morgan fingerprint density at radius 1 is 0.947 bits per heavy atom. The molecule has 1 unspecified atom stereocenters. The lowest BCUT2D eigenvalue weighted by molar-refractivity contribution is 0.122. The SMILES string of the molecule is CCCCCCCCCCCCO/N=C/C(O)CO. The van der Waals surface area contributed by atoms with Crippen LogP contribution in [-0.2, 0) is 4.84 Å². The van der Waals surface area contributed by atoms with E-state index in [2.05, 4.69) is 12.1 Å². The maximum Gasteiger partial charge on any atom is 0.117 e. The lowest BCUT2D eigenvalue weighted by Crippen LogP contribution is -2.13. The molecule has 0 heterocycles. The molecule has 0 aromatic heterocycles. The molecular weight excluding hydrogens is 242 g/mol. The summed E-state index contributed by atoms with van der Waals surface area (Å²) in [7, 11) is 0. The topological polar surface area (TPSA) is 62.0 Å². The van der Waals surface area contributed by atoms with Gasteiger partial charge in [-0.25, -0.2) is 0 Å². The van der Waals surface area contributed by atoms with Gasteiger partial charge >= 0.3 is 0 Å². The van der Waals surface area contributed by atoms with E-state index in [1.807, 2.05) is 0 Å². The van der Waals surface area contributed by atoms with Crippen LogP contribution in [0.4, 0.5) is 0 Å². The molecule has 0 aromatic carbocycles. The Kier molecular flexibility index (Phi) is 15.0. The quantitative estimate of drug-likeness (QED) is 0.290. The second-order valence-electron chi connectivity index (χ2n) is 5.02. The fourth-order valence-electron chi connectivity index (χ4n) is 1.87. The first kappa shape index (κ1) is 18.4. The van der Waals surface area contributed by atoms with Crippen molar-refractivity contribution in [3.05, 3.63) is 0 Å². The molecule has 0 radical (unpaired) electrons. The molecule has 0 spiro atoms. The first-order valence-electron chi connectivity index (χ1n) is 7.75. The van der Waals surface area contributed by atoms with Crippen LogP contribution in [0.25, 0.3) is 0 Å². The second kappa shape index (κ2) is 15.4. The number of aliphatic hydroxyl groups excluding tert-OH is 2. The van der Waals surface area contributed by atoms with Crippen molar-refractivity contribution in [2.45, 2.75) is 77.2 Å². The van der Waals surface area contributed by atoms with E-state index in [4.69, 9.17) is 15.1 Å². The maximum absolute atomic E-state index is 8.96. The molecule has 0 saturated heterocycles. The molecule has 0 aromatic rings. The highest BCUT2D eigenvalue weighted by Gasteiger charge is 1.95. The van der Waals surface area contributed by atoms with Gasteiger partial charge in [0.2, 0.25) is 0 Å². The van der Waals surface area contributed by atoms with Crippen molar-refractivity contribution >= 4 is 6.21 Å². The van der Waals surface area contributed by atoms with E-state index in [1.54, 1.807) is 0 Å². The van der Waals surface area contributed by atoms with Gasteiger partial charge in [-0.15, -0.1) is 0 Å². The Hall–Kier alpha value is -0.610. The van der Waals surface area contributed by atoms with Crippen LogP contribution in [0, 0.1) is 0 Å². The summed E-state index contributed by atoms with van der Waals surface area (Å²) in [6.45, 7) is 2.52. The second-order valence-corrected chi connectivity index (χ2v) is 5.02. The molecule has 4 heteroatoms. The summed E-state index contributed by atoms with van der Waals surface area (Å²) in [4.78, 5) is 4.98. The highest BCUT2D eigenvalue weighted by Crippen LogP contribution is 2.10. The molecular formula is C15H31NO3. The number of hydrogen-bond acceptors (Lipinski definition) is 4. The zero-order chi connectivity index (χ0) is 14.2. The number of unbranched alkanes of at least 4 members (excludes halogenated alkanes) is 9. The summed E-state index contributed by atoms with van der Waals surface area (Å²) in [5, 5.41) is 21.1. The summed E-state index contributed by atoms with van der Waals surface area (Å²) in [6, 6.07) is 0. The lowest BCUT2D eigenvalue weighted by atomic mass is 10.1. The number of rotatable bonds is 14. The fourth-order valence-corrected chi connectivity index (χ4v) is 1.87. The van der Waals surface area contributed by atoms with Gasteiger partial charge in [-0.1, -0.05) is 63.4 Å². The van der Waals surface area contributed by atoms with Gasteiger partial charge in [-0.2, -0.15) is 0 Å². The van der Waals surface area contributed by atoms with Crippen LogP contribution in [0.5, 0.6) is 0 Å². The Labute approximate surface area is 117 Å². The minimum atomic E-state index is -0.910. The van der Waals surface area contributed by atoms with E-state index in [9.17, 15) is 0 Å². The van der Waals surface area contributed by atoms with Crippen LogP contribution in [0.2, 0.25) is 0 Å². The van der Waals surface area contributed by atoms with Crippen LogP contribution >= 0.6 is 0 Å². The smallest absolute Gasteiger partial charge is 0.117 e. The fraction of sp³-hybridized carbons (Fsp3) is 0.933. The predicted octanol–water partition coefficient (Wildman–Crippen LogP) is 3.26. The molecule has 1 atom stereocenters. The molecule has 114 valence electrons. The molecule has 19 heavy (non-hydrogen) atoms. The van der Waals surface area contributed by atoms with Crippen molar-refractivity contribution in [1.82, 2.24) is 0 Å². The van der Waals surface area contributed by atoms with Gasteiger partial charge in [0.05, 0.1) is 12.8 Å². The molecule has 0 saturated carbocycles. The molecule has 0 rings (SSSR count). The van der Waals surface area contributed by atoms with Gasteiger partial charge in [-0.3, -0.25) is 0 Å². The third kappa shape index (κ3) is 15.3. The van der Waals surface area contributed by atoms with Crippen molar-refractivity contribution < 1.29 is 15.1 Å². The van der Waals surface area contributed by atoms with Crippen LogP contribution in [0.1, 0.15) is 71.1 Å². The summed E-state index contributed by atoms with van der Waals surface area (Å²) < 4.78 is 0. The van der Waals surface area contributed by atoms with Gasteiger partial charge in [-0.05, 0) is 12.8 Å². The molecule has 0 fully saturated rings. The zero-order valence-electron chi connectivity index (χ0n) is 12.4. The van der Waals surface area contributed by atoms with E-state index >= 15 is 0 Å². The Balaban J connectivity index is 3.05. The number of aliphatic hydroxyl groups is 2. The van der Waals surface area contributed by atoms with Crippen molar-refractivity contribution in [2.24, 2.45) is 5.16 Å². The maximum atomic E-state index is 8.96. The van der Waals surface area contributed by atoms with Gasteiger partial charge in [0.25, 0.3) is 0 Å². The monoisotopic (exact) mass is 273 g/mol. The standard InChI is InChI=1S/C15H31NO3/c1-2-3-4-5-6-7-8-9-10-11-12-19-16-13-15(18)14-17/h13,15,17-18H,2-12,14H2,1H3/b16-13+. The largest absolute Gasteiger partial charge is 0.396 e. The molecule has 2 N–H and O–H groups in total. The molecule has 0 bridgehead atoms. The molecule has 0 aliphatic carbocycles. The minimum Gasteiger partial charge on any atom is -0.396 e. The first-order chi connectivity index (χ1) is 9.31. The van der Waals surface area contributed by atoms with Crippen LogP contribution in [0.15, 0.2) is 5.16 Å². The van der Waals surface area contributed by atoms with Crippen molar-refractivity contribution in [3.63, 3.8) is 0 Å². The Morgan fingerprint density at radius 3 is 2.00 bits per heavy atom. The summed E-state index contributed by atoms with van der Waals surface area (Å²) in [6.07, 6.45) is 13.3. The molecule has 0 aliphatic rings. The van der Waals surface area contributed by atoms with E-state index in [0.717, 1.165) is 6.42 Å². The molecule has 4 nitrogen and oxygen atoms in total. The van der Waals surface area contributed by atoms with Crippen LogP contribution in [0.3, 0.4) is 0 Å². The summed E-state index contributed by atoms with van der Waals surface area (Å²) in [5.74, 6) is 0. The summed E-state index contributed by atoms with van der Waals surface area (Å²) >= 11 is 0. The Bertz CT molecular complexity index is 198. The highest BCUT2D eigenvalue weighted by molar-refractivity contribution is 5.61. The van der Waals surface area contributed by atoms with E-state index < -0.39 is 6.10 Å². The average molecular weight is 273 g/mol. The normalized spacial score (nSPS) is 13.0. The van der Waals surface area contributed by atoms with Crippen molar-refractivity contribution in [1.29, 1.82) is 0 Å². The van der Waals surface area contributed by atoms with Crippen LogP contribution in [-0.4, -0.2) is 35.7 Å². The third-order valence-corrected chi connectivity index (χ3v) is 3.08.